The van der Waals surface area contributed by atoms with Crippen LogP contribution in [0.4, 0.5) is 30.4 Å². The maximum Gasteiger partial charge on any atom is 0.416 e. The van der Waals surface area contributed by atoms with Crippen molar-refractivity contribution in [2.45, 2.75) is 19.0 Å². The van der Waals surface area contributed by atoms with Crippen LogP contribution in [0.2, 0.25) is 0 Å². The van der Waals surface area contributed by atoms with E-state index in [-0.39, 0.29) is 11.4 Å². The highest BCUT2D eigenvalue weighted by molar-refractivity contribution is 6.02. The number of para-hydroxylation sites is 1. The molecule has 3 aromatic rings. The summed E-state index contributed by atoms with van der Waals surface area (Å²) in [6.45, 7) is 0.808. The molecule has 0 saturated heterocycles. The summed E-state index contributed by atoms with van der Waals surface area (Å²) in [5.74, 6) is 0.103. The van der Waals surface area contributed by atoms with Gasteiger partial charge >= 0.3 is 6.18 Å². The second kappa shape index (κ2) is 7.54. The van der Waals surface area contributed by atoms with Crippen molar-refractivity contribution >= 4 is 23.1 Å². The molecule has 0 atom stereocenters. The average Bonchev–Trinajstić information content (AvgIpc) is 2.73. The van der Waals surface area contributed by atoms with Crippen LogP contribution in [0.3, 0.4) is 0 Å². The van der Waals surface area contributed by atoms with Crippen molar-refractivity contribution in [1.29, 1.82) is 0 Å². The Labute approximate surface area is 165 Å². The third-order valence-electron chi connectivity index (χ3n) is 4.73. The van der Waals surface area contributed by atoms with Crippen molar-refractivity contribution in [1.82, 2.24) is 9.97 Å². The van der Waals surface area contributed by atoms with E-state index in [1.807, 2.05) is 18.2 Å². The van der Waals surface area contributed by atoms with Crippen molar-refractivity contribution in [2.24, 2.45) is 0 Å². The number of carbonyl (C=O) groups is 1. The highest BCUT2D eigenvalue weighted by Crippen LogP contribution is 2.32. The van der Waals surface area contributed by atoms with Crippen molar-refractivity contribution in [3.63, 3.8) is 0 Å². The largest absolute Gasteiger partial charge is 0.416 e. The Morgan fingerprint density at radius 3 is 2.45 bits per heavy atom. The van der Waals surface area contributed by atoms with Gasteiger partial charge in [-0.2, -0.15) is 13.2 Å². The molecular weight excluding hydrogens is 381 g/mol. The van der Waals surface area contributed by atoms with Crippen LogP contribution in [0.15, 0.2) is 60.9 Å². The second-order valence-electron chi connectivity index (χ2n) is 6.67. The molecular formula is C21H17F3N4O. The topological polar surface area (TPSA) is 58.1 Å². The molecule has 2 heterocycles. The molecule has 0 spiro atoms. The van der Waals surface area contributed by atoms with Crippen molar-refractivity contribution < 1.29 is 18.0 Å². The number of hydrogen-bond acceptors (Lipinski definition) is 4. The minimum atomic E-state index is -4.42. The number of rotatable bonds is 3. The number of hydrogen-bond donors (Lipinski definition) is 1. The van der Waals surface area contributed by atoms with E-state index in [2.05, 4.69) is 26.3 Å². The van der Waals surface area contributed by atoms with Crippen LogP contribution >= 0.6 is 0 Å². The van der Waals surface area contributed by atoms with Gasteiger partial charge in [-0.25, -0.2) is 9.97 Å². The normalized spacial score (nSPS) is 13.7. The number of nitrogens with zero attached hydrogens (tertiary/aromatic N) is 3. The van der Waals surface area contributed by atoms with Crippen LogP contribution in [0.5, 0.6) is 0 Å². The fourth-order valence-electron chi connectivity index (χ4n) is 3.29. The van der Waals surface area contributed by atoms with Crippen LogP contribution in [-0.2, 0) is 12.6 Å². The first-order valence-electron chi connectivity index (χ1n) is 9.08. The van der Waals surface area contributed by atoms with Crippen LogP contribution in [0.1, 0.15) is 28.0 Å². The van der Waals surface area contributed by atoms with E-state index >= 15 is 0 Å². The van der Waals surface area contributed by atoms with Crippen LogP contribution in [0, 0.1) is 0 Å². The van der Waals surface area contributed by atoms with Gasteiger partial charge in [-0.1, -0.05) is 18.2 Å². The molecule has 0 unspecified atom stereocenters. The fraction of sp³-hybridized carbons (Fsp3) is 0.190. The predicted molar refractivity (Wildman–Crippen MR) is 103 cm³/mol. The van der Waals surface area contributed by atoms with Gasteiger partial charge in [0.2, 0.25) is 0 Å². The zero-order chi connectivity index (χ0) is 20.4. The standard InChI is InChI=1S/C21H17F3N4O/c22-21(23,24)15-7-9-16(10-8-15)27-20(29)17-12-26-19(13-25-17)28-11-3-5-14-4-1-2-6-18(14)28/h1-2,4,6-10,12-13H,3,5,11H2,(H,27,29). The zero-order valence-corrected chi connectivity index (χ0v) is 15.3. The summed E-state index contributed by atoms with van der Waals surface area (Å²) in [4.78, 5) is 22.9. The molecule has 1 N–H and O–H groups in total. The van der Waals surface area contributed by atoms with Crippen molar-refractivity contribution in [3.8, 4) is 0 Å². The van der Waals surface area contributed by atoms with E-state index in [1.54, 1.807) is 0 Å². The number of halogens is 3. The summed E-state index contributed by atoms with van der Waals surface area (Å²) in [6.07, 6.45) is 0.481. The molecule has 0 bridgehead atoms. The Morgan fingerprint density at radius 1 is 1.00 bits per heavy atom. The first kappa shape index (κ1) is 18.9. The molecule has 8 heteroatoms. The summed E-state index contributed by atoms with van der Waals surface area (Å²) < 4.78 is 37.9. The van der Waals surface area contributed by atoms with Gasteiger partial charge in [0.05, 0.1) is 18.0 Å². The number of amides is 1. The highest BCUT2D eigenvalue weighted by atomic mass is 19.4. The maximum absolute atomic E-state index is 12.6. The van der Waals surface area contributed by atoms with Crippen molar-refractivity contribution in [3.05, 3.63) is 77.7 Å². The Bertz CT molecular complexity index is 1020. The van der Waals surface area contributed by atoms with E-state index in [4.69, 9.17) is 0 Å². The SMILES string of the molecule is O=C(Nc1ccc(C(F)(F)F)cc1)c1cnc(N2CCCc3ccccc32)cn1. The summed E-state index contributed by atoms with van der Waals surface area (Å²) in [5.41, 5.74) is 1.87. The van der Waals surface area contributed by atoms with Gasteiger partial charge in [0, 0.05) is 17.9 Å². The average molecular weight is 398 g/mol. The third-order valence-corrected chi connectivity index (χ3v) is 4.73. The molecule has 1 amide bonds. The molecule has 1 aromatic heterocycles. The number of benzene rings is 2. The van der Waals surface area contributed by atoms with Gasteiger partial charge in [-0.05, 0) is 48.7 Å². The molecule has 29 heavy (non-hydrogen) atoms. The molecule has 0 radical (unpaired) electrons. The number of carbonyl (C=O) groups excluding carboxylic acids is 1. The number of fused-ring (bicyclic) bond motifs is 1. The van der Waals surface area contributed by atoms with Gasteiger partial charge < -0.3 is 10.2 Å². The van der Waals surface area contributed by atoms with Crippen LogP contribution < -0.4 is 10.2 Å². The van der Waals surface area contributed by atoms with Gasteiger partial charge in [0.25, 0.3) is 5.91 Å². The fourth-order valence-corrected chi connectivity index (χ4v) is 3.29. The quantitative estimate of drug-likeness (QED) is 0.687. The molecule has 0 aliphatic carbocycles. The molecule has 5 nitrogen and oxygen atoms in total. The minimum absolute atomic E-state index is 0.0824. The van der Waals surface area contributed by atoms with E-state index in [9.17, 15) is 18.0 Å². The lowest BCUT2D eigenvalue weighted by atomic mass is 10.0. The summed E-state index contributed by atoms with van der Waals surface area (Å²) in [5, 5.41) is 2.53. The van der Waals surface area contributed by atoms with E-state index in [1.165, 1.54) is 30.1 Å². The lowest BCUT2D eigenvalue weighted by Crippen LogP contribution is -2.25. The number of nitrogens with one attached hydrogen (secondary N) is 1. The van der Waals surface area contributed by atoms with Crippen LogP contribution in [-0.4, -0.2) is 22.4 Å². The van der Waals surface area contributed by atoms with Crippen LogP contribution in [0.25, 0.3) is 0 Å². The molecule has 0 fully saturated rings. The van der Waals surface area contributed by atoms with Gasteiger partial charge in [0.1, 0.15) is 5.69 Å². The summed E-state index contributed by atoms with van der Waals surface area (Å²) in [7, 11) is 0. The van der Waals surface area contributed by atoms with Gasteiger partial charge in [-0.3, -0.25) is 4.79 Å². The zero-order valence-electron chi connectivity index (χ0n) is 15.3. The molecule has 4 rings (SSSR count). The second-order valence-corrected chi connectivity index (χ2v) is 6.67. The van der Waals surface area contributed by atoms with Gasteiger partial charge in [-0.15, -0.1) is 0 Å². The molecule has 1 aliphatic heterocycles. The van der Waals surface area contributed by atoms with E-state index in [0.29, 0.717) is 5.82 Å². The molecule has 0 saturated carbocycles. The minimum Gasteiger partial charge on any atom is -0.325 e. The Morgan fingerprint density at radius 2 is 1.76 bits per heavy atom. The molecule has 1 aliphatic rings. The van der Waals surface area contributed by atoms with Crippen molar-refractivity contribution in [2.75, 3.05) is 16.8 Å². The number of anilines is 3. The summed E-state index contributed by atoms with van der Waals surface area (Å²) >= 11 is 0. The Balaban J connectivity index is 1.48. The summed E-state index contributed by atoms with van der Waals surface area (Å²) in [6, 6.07) is 12.3. The first-order valence-corrected chi connectivity index (χ1v) is 9.08. The smallest absolute Gasteiger partial charge is 0.325 e. The number of aryl methyl sites for hydroxylation is 1. The third kappa shape index (κ3) is 4.06. The molecule has 2 aromatic carbocycles. The first-order chi connectivity index (χ1) is 13.9. The lowest BCUT2D eigenvalue weighted by Gasteiger charge is -2.30. The lowest BCUT2D eigenvalue weighted by molar-refractivity contribution is -0.137. The predicted octanol–water partition coefficient (Wildman–Crippen LogP) is 4.83. The number of aromatic nitrogens is 2. The Hall–Kier alpha value is -3.42. The van der Waals surface area contributed by atoms with E-state index < -0.39 is 17.6 Å². The van der Waals surface area contributed by atoms with E-state index in [0.717, 1.165) is 37.2 Å². The monoisotopic (exact) mass is 398 g/mol. The number of alkyl halides is 3. The maximum atomic E-state index is 12.6. The Kier molecular flexibility index (Phi) is 4.92. The molecule has 148 valence electrons. The highest BCUT2D eigenvalue weighted by Gasteiger charge is 2.30. The van der Waals surface area contributed by atoms with Gasteiger partial charge in [0.15, 0.2) is 5.82 Å².